The summed E-state index contributed by atoms with van der Waals surface area (Å²) in [5, 5.41) is 3.69. The number of nitrogens with one attached hydrogen (secondary N) is 1. The molecule has 1 aliphatic carbocycles. The lowest BCUT2D eigenvalue weighted by atomic mass is 9.97. The van der Waals surface area contributed by atoms with Gasteiger partial charge in [0.2, 0.25) is 0 Å². The fraction of sp³-hybridized carbons (Fsp3) is 0.692. The molecule has 16 heavy (non-hydrogen) atoms. The van der Waals surface area contributed by atoms with Gasteiger partial charge in [-0.05, 0) is 30.9 Å². The van der Waals surface area contributed by atoms with Gasteiger partial charge in [-0.1, -0.05) is 37.8 Å². The topological polar surface area (TPSA) is 12.0 Å². The Morgan fingerprint density at radius 2 is 2.12 bits per heavy atom. The molecule has 90 valence electrons. The maximum absolute atomic E-state index is 5.93. The molecule has 0 aromatic carbocycles. The van der Waals surface area contributed by atoms with Gasteiger partial charge in [-0.3, -0.25) is 0 Å². The summed E-state index contributed by atoms with van der Waals surface area (Å²) >= 11 is 7.61. The lowest BCUT2D eigenvalue weighted by Crippen LogP contribution is -2.33. The van der Waals surface area contributed by atoms with Crippen LogP contribution in [0.2, 0.25) is 4.34 Å². The van der Waals surface area contributed by atoms with Crippen LogP contribution in [-0.4, -0.2) is 6.04 Å². The average molecular weight is 258 g/mol. The van der Waals surface area contributed by atoms with E-state index in [9.17, 15) is 0 Å². The quantitative estimate of drug-likeness (QED) is 0.789. The predicted molar refractivity (Wildman–Crippen MR) is 72.2 cm³/mol. The summed E-state index contributed by atoms with van der Waals surface area (Å²) in [5.41, 5.74) is 0. The van der Waals surface area contributed by atoms with Crippen molar-refractivity contribution < 1.29 is 0 Å². The first-order chi connectivity index (χ1) is 7.75. The summed E-state index contributed by atoms with van der Waals surface area (Å²) in [5.74, 6) is 0.818. The Morgan fingerprint density at radius 3 is 2.88 bits per heavy atom. The van der Waals surface area contributed by atoms with Crippen LogP contribution in [0.25, 0.3) is 0 Å². The van der Waals surface area contributed by atoms with Crippen molar-refractivity contribution in [2.75, 3.05) is 0 Å². The van der Waals surface area contributed by atoms with Gasteiger partial charge >= 0.3 is 0 Å². The van der Waals surface area contributed by atoms with Crippen molar-refractivity contribution in [3.8, 4) is 0 Å². The largest absolute Gasteiger partial charge is 0.309 e. The van der Waals surface area contributed by atoms with Gasteiger partial charge in [0.1, 0.15) is 0 Å². The molecular weight excluding hydrogens is 238 g/mol. The highest BCUT2D eigenvalue weighted by Crippen LogP contribution is 2.25. The van der Waals surface area contributed by atoms with E-state index in [0.29, 0.717) is 6.04 Å². The number of thiophene rings is 1. The molecule has 1 aliphatic rings. The lowest BCUT2D eigenvalue weighted by Gasteiger charge is -2.22. The second kappa shape index (κ2) is 6.04. The van der Waals surface area contributed by atoms with Crippen LogP contribution >= 0.6 is 22.9 Å². The molecule has 2 unspecified atom stereocenters. The second-order valence-corrected chi connectivity index (χ2v) is 6.61. The minimum atomic E-state index is 0.698. The van der Waals surface area contributed by atoms with Gasteiger partial charge in [0.25, 0.3) is 0 Å². The average Bonchev–Trinajstić information content (AvgIpc) is 2.56. The van der Waals surface area contributed by atoms with Gasteiger partial charge in [-0.2, -0.15) is 0 Å². The van der Waals surface area contributed by atoms with E-state index in [2.05, 4.69) is 18.3 Å². The maximum atomic E-state index is 5.93. The van der Waals surface area contributed by atoms with E-state index in [-0.39, 0.29) is 0 Å². The van der Waals surface area contributed by atoms with E-state index in [1.165, 1.54) is 37.0 Å². The summed E-state index contributed by atoms with van der Waals surface area (Å²) in [4.78, 5) is 1.35. The smallest absolute Gasteiger partial charge is 0.0931 e. The number of hydrogen-bond donors (Lipinski definition) is 1. The number of halogens is 1. The number of rotatable bonds is 3. The summed E-state index contributed by atoms with van der Waals surface area (Å²) in [7, 11) is 0. The van der Waals surface area contributed by atoms with Crippen LogP contribution in [0.5, 0.6) is 0 Å². The van der Waals surface area contributed by atoms with Crippen molar-refractivity contribution in [3.63, 3.8) is 0 Å². The van der Waals surface area contributed by atoms with Crippen LogP contribution in [0, 0.1) is 5.92 Å². The van der Waals surface area contributed by atoms with Crippen molar-refractivity contribution in [2.45, 2.75) is 51.6 Å². The summed E-state index contributed by atoms with van der Waals surface area (Å²) < 4.78 is 0.894. The molecule has 1 nitrogen and oxygen atoms in total. The van der Waals surface area contributed by atoms with Crippen molar-refractivity contribution in [1.29, 1.82) is 0 Å². The van der Waals surface area contributed by atoms with Crippen LogP contribution in [0.1, 0.15) is 43.9 Å². The molecule has 0 saturated heterocycles. The number of hydrogen-bond acceptors (Lipinski definition) is 2. The highest BCUT2D eigenvalue weighted by Gasteiger charge is 2.19. The molecule has 0 spiro atoms. The van der Waals surface area contributed by atoms with E-state index in [4.69, 9.17) is 11.6 Å². The lowest BCUT2D eigenvalue weighted by molar-refractivity contribution is 0.357. The Balaban J connectivity index is 1.83. The SMILES string of the molecule is CC1CCCCCC1NCc1ccc(Cl)s1. The summed E-state index contributed by atoms with van der Waals surface area (Å²) in [6.07, 6.45) is 6.91. The summed E-state index contributed by atoms with van der Waals surface area (Å²) in [6.45, 7) is 3.36. The molecule has 2 atom stereocenters. The molecule has 1 fully saturated rings. The van der Waals surface area contributed by atoms with E-state index in [1.54, 1.807) is 11.3 Å². The molecular formula is C13H20ClNS. The Labute approximate surface area is 107 Å². The zero-order valence-corrected chi connectivity index (χ0v) is 11.4. The van der Waals surface area contributed by atoms with Gasteiger partial charge in [0.05, 0.1) is 4.34 Å². The van der Waals surface area contributed by atoms with E-state index >= 15 is 0 Å². The van der Waals surface area contributed by atoms with Crippen molar-refractivity contribution in [1.82, 2.24) is 5.32 Å². The third kappa shape index (κ3) is 3.47. The molecule has 0 aliphatic heterocycles. The predicted octanol–water partition coefficient (Wildman–Crippen LogP) is 4.46. The highest BCUT2D eigenvalue weighted by atomic mass is 35.5. The van der Waals surface area contributed by atoms with Crippen molar-refractivity contribution >= 4 is 22.9 Å². The normalized spacial score (nSPS) is 26.6. The van der Waals surface area contributed by atoms with Crippen LogP contribution < -0.4 is 5.32 Å². The van der Waals surface area contributed by atoms with E-state index in [0.717, 1.165) is 16.8 Å². The van der Waals surface area contributed by atoms with Gasteiger partial charge in [-0.15, -0.1) is 11.3 Å². The van der Waals surface area contributed by atoms with E-state index < -0.39 is 0 Å². The monoisotopic (exact) mass is 257 g/mol. The molecule has 1 heterocycles. The molecule has 1 aromatic rings. The maximum Gasteiger partial charge on any atom is 0.0931 e. The third-order valence-corrected chi connectivity index (χ3v) is 4.76. The first-order valence-electron chi connectivity index (χ1n) is 6.23. The molecule has 0 amide bonds. The molecule has 2 rings (SSSR count). The molecule has 0 bridgehead atoms. The molecule has 0 radical (unpaired) electrons. The van der Waals surface area contributed by atoms with Crippen molar-refractivity contribution in [2.24, 2.45) is 5.92 Å². The first-order valence-corrected chi connectivity index (χ1v) is 7.43. The fourth-order valence-electron chi connectivity index (χ4n) is 2.47. The third-order valence-electron chi connectivity index (χ3n) is 3.53. The molecule has 3 heteroatoms. The van der Waals surface area contributed by atoms with Crippen LogP contribution in [0.4, 0.5) is 0 Å². The zero-order chi connectivity index (χ0) is 11.4. The minimum Gasteiger partial charge on any atom is -0.309 e. The Hall–Kier alpha value is -0.0500. The van der Waals surface area contributed by atoms with Crippen LogP contribution in [-0.2, 0) is 6.54 Å². The van der Waals surface area contributed by atoms with Gasteiger partial charge in [0.15, 0.2) is 0 Å². The fourth-order valence-corrected chi connectivity index (χ4v) is 3.51. The van der Waals surface area contributed by atoms with Crippen LogP contribution in [0.3, 0.4) is 0 Å². The first kappa shape index (κ1) is 12.4. The minimum absolute atomic E-state index is 0.698. The standard InChI is InChI=1S/C13H20ClNS/c1-10-5-3-2-4-6-12(10)15-9-11-7-8-13(14)16-11/h7-8,10,12,15H,2-6,9H2,1H3. The highest BCUT2D eigenvalue weighted by molar-refractivity contribution is 7.16. The van der Waals surface area contributed by atoms with Crippen molar-refractivity contribution in [3.05, 3.63) is 21.3 Å². The Bertz CT molecular complexity index is 323. The Kier molecular flexibility index (Phi) is 4.68. The summed E-state index contributed by atoms with van der Waals surface area (Å²) in [6, 6.07) is 4.81. The molecule has 1 aromatic heterocycles. The van der Waals surface area contributed by atoms with Gasteiger partial charge in [0, 0.05) is 17.5 Å². The zero-order valence-electron chi connectivity index (χ0n) is 9.84. The van der Waals surface area contributed by atoms with Crippen LogP contribution in [0.15, 0.2) is 12.1 Å². The van der Waals surface area contributed by atoms with Gasteiger partial charge in [-0.25, -0.2) is 0 Å². The molecule has 1 N–H and O–H groups in total. The molecule has 1 saturated carbocycles. The Morgan fingerprint density at radius 1 is 1.31 bits per heavy atom. The second-order valence-electron chi connectivity index (χ2n) is 4.81. The van der Waals surface area contributed by atoms with E-state index in [1.807, 2.05) is 6.07 Å². The van der Waals surface area contributed by atoms with Gasteiger partial charge < -0.3 is 5.32 Å².